The fraction of sp³-hybridized carbons (Fsp3) is 0.750. The highest BCUT2D eigenvalue weighted by Crippen LogP contribution is 2.27. The van der Waals surface area contributed by atoms with E-state index in [0.717, 1.165) is 0 Å². The molecule has 0 aromatic carbocycles. The lowest BCUT2D eigenvalue weighted by Gasteiger charge is -2.15. The third kappa shape index (κ3) is 4.18. The van der Waals surface area contributed by atoms with E-state index in [1.165, 1.54) is 11.0 Å². The van der Waals surface area contributed by atoms with Crippen LogP contribution in [0.1, 0.15) is 19.8 Å². The zero-order valence-electron chi connectivity index (χ0n) is 8.33. The van der Waals surface area contributed by atoms with E-state index in [2.05, 4.69) is 10.2 Å². The van der Waals surface area contributed by atoms with Crippen LogP contribution >= 0.6 is 0 Å². The van der Waals surface area contributed by atoms with E-state index in [-0.39, 0.29) is 12.4 Å². The third-order valence-corrected chi connectivity index (χ3v) is 2.07. The van der Waals surface area contributed by atoms with Crippen molar-refractivity contribution < 1.29 is 13.2 Å². The van der Waals surface area contributed by atoms with Crippen LogP contribution < -0.4 is 5.73 Å². The van der Waals surface area contributed by atoms with Crippen LogP contribution in [0.3, 0.4) is 0 Å². The first-order chi connectivity index (χ1) is 6.90. The molecule has 1 unspecified atom stereocenters. The molecule has 1 rings (SSSR count). The van der Waals surface area contributed by atoms with E-state index < -0.39 is 18.5 Å². The van der Waals surface area contributed by atoms with Crippen molar-refractivity contribution in [3.8, 4) is 0 Å². The van der Waals surface area contributed by atoms with Crippen LogP contribution in [0.4, 0.5) is 19.0 Å². The van der Waals surface area contributed by atoms with Gasteiger partial charge in [0.05, 0.1) is 12.7 Å². The Labute approximate surface area is 85.3 Å². The second-order valence-electron chi connectivity index (χ2n) is 3.42. The highest BCUT2D eigenvalue weighted by Gasteiger charge is 2.31. The lowest BCUT2D eigenvalue weighted by molar-refractivity contribution is -0.146. The summed E-state index contributed by atoms with van der Waals surface area (Å²) in [7, 11) is 0. The fourth-order valence-electron chi connectivity index (χ4n) is 1.29. The van der Waals surface area contributed by atoms with Crippen molar-refractivity contribution in [3.05, 3.63) is 6.20 Å². The Hall–Kier alpha value is -1.27. The minimum absolute atomic E-state index is 0.146. The number of anilines is 1. The first-order valence-electron chi connectivity index (χ1n) is 4.63. The molecule has 1 aromatic heterocycles. The molecule has 0 amide bonds. The summed E-state index contributed by atoms with van der Waals surface area (Å²) in [5.41, 5.74) is 5.31. The van der Waals surface area contributed by atoms with Gasteiger partial charge in [-0.05, 0) is 5.92 Å². The van der Waals surface area contributed by atoms with Gasteiger partial charge in [-0.1, -0.05) is 13.3 Å². The number of hydrogen-bond acceptors (Lipinski definition) is 3. The Balaban J connectivity index is 2.54. The van der Waals surface area contributed by atoms with Crippen LogP contribution in [0.15, 0.2) is 6.20 Å². The number of nitrogens with zero attached hydrogens (tertiary/aromatic N) is 3. The molecule has 1 aromatic rings. The standard InChI is InChI=1S/C8H13F3N4/c1-2-6(3-8(9,10)11)5-15-13-4-7(12)14-15/h4,6H,2-3,5H2,1H3,(H2,12,14). The molecular formula is C8H13F3N4. The summed E-state index contributed by atoms with van der Waals surface area (Å²) in [5, 5.41) is 7.49. The molecule has 2 N–H and O–H groups in total. The van der Waals surface area contributed by atoms with Gasteiger partial charge in [-0.25, -0.2) is 0 Å². The zero-order valence-corrected chi connectivity index (χ0v) is 8.33. The molecule has 0 bridgehead atoms. The molecular weight excluding hydrogens is 209 g/mol. The summed E-state index contributed by atoms with van der Waals surface area (Å²) in [4.78, 5) is 1.20. The first kappa shape index (κ1) is 11.8. The molecule has 0 fully saturated rings. The second-order valence-corrected chi connectivity index (χ2v) is 3.42. The number of nitrogen functional groups attached to an aromatic ring is 1. The Morgan fingerprint density at radius 3 is 2.60 bits per heavy atom. The number of hydrogen-bond donors (Lipinski definition) is 1. The maximum atomic E-state index is 12.1. The van der Waals surface area contributed by atoms with E-state index in [1.54, 1.807) is 6.92 Å². The number of aromatic nitrogens is 3. The van der Waals surface area contributed by atoms with E-state index >= 15 is 0 Å². The third-order valence-electron chi connectivity index (χ3n) is 2.07. The van der Waals surface area contributed by atoms with Crippen LogP contribution in [0, 0.1) is 5.92 Å². The maximum absolute atomic E-state index is 12.1. The topological polar surface area (TPSA) is 56.7 Å². The molecule has 1 heterocycles. The average molecular weight is 222 g/mol. The number of rotatable bonds is 4. The van der Waals surface area contributed by atoms with Crippen molar-refractivity contribution in [1.82, 2.24) is 15.0 Å². The Morgan fingerprint density at radius 1 is 1.53 bits per heavy atom. The van der Waals surface area contributed by atoms with E-state index in [4.69, 9.17) is 5.73 Å². The van der Waals surface area contributed by atoms with Crippen molar-refractivity contribution in [2.75, 3.05) is 5.73 Å². The summed E-state index contributed by atoms with van der Waals surface area (Å²) in [5.74, 6) is -0.284. The largest absolute Gasteiger partial charge is 0.389 e. The average Bonchev–Trinajstić information content (AvgIpc) is 2.47. The van der Waals surface area contributed by atoms with Crippen LogP contribution in [0.2, 0.25) is 0 Å². The molecule has 15 heavy (non-hydrogen) atoms. The van der Waals surface area contributed by atoms with Gasteiger partial charge in [0.25, 0.3) is 0 Å². The highest BCUT2D eigenvalue weighted by atomic mass is 19.4. The van der Waals surface area contributed by atoms with Gasteiger partial charge in [-0.2, -0.15) is 23.1 Å². The first-order valence-corrected chi connectivity index (χ1v) is 4.63. The molecule has 1 atom stereocenters. The Bertz CT molecular complexity index is 307. The SMILES string of the molecule is CCC(Cn1ncc(N)n1)CC(F)(F)F. The summed E-state index contributed by atoms with van der Waals surface area (Å²) >= 11 is 0. The van der Waals surface area contributed by atoms with Crippen LogP contribution in [0.25, 0.3) is 0 Å². The molecule has 4 nitrogen and oxygen atoms in total. The van der Waals surface area contributed by atoms with Gasteiger partial charge < -0.3 is 5.73 Å². The molecule has 0 aliphatic carbocycles. The van der Waals surface area contributed by atoms with Crippen molar-refractivity contribution in [1.29, 1.82) is 0 Å². The minimum atomic E-state index is -4.14. The number of alkyl halides is 3. The van der Waals surface area contributed by atoms with Gasteiger partial charge in [0.1, 0.15) is 0 Å². The van der Waals surface area contributed by atoms with Crippen molar-refractivity contribution in [3.63, 3.8) is 0 Å². The second kappa shape index (κ2) is 4.50. The molecule has 0 aliphatic rings. The molecule has 0 spiro atoms. The predicted molar refractivity (Wildman–Crippen MR) is 48.9 cm³/mol. The van der Waals surface area contributed by atoms with E-state index in [0.29, 0.717) is 6.42 Å². The monoisotopic (exact) mass is 222 g/mol. The van der Waals surface area contributed by atoms with E-state index in [1.807, 2.05) is 0 Å². The summed E-state index contributed by atoms with van der Waals surface area (Å²) in [6, 6.07) is 0. The van der Waals surface area contributed by atoms with Gasteiger partial charge in [0.15, 0.2) is 5.82 Å². The summed E-state index contributed by atoms with van der Waals surface area (Å²) < 4.78 is 36.4. The van der Waals surface area contributed by atoms with Gasteiger partial charge in [-0.3, -0.25) is 0 Å². The molecule has 0 radical (unpaired) electrons. The Morgan fingerprint density at radius 2 is 2.20 bits per heavy atom. The molecule has 0 saturated carbocycles. The smallest absolute Gasteiger partial charge is 0.381 e. The predicted octanol–water partition coefficient (Wildman–Crippen LogP) is 1.84. The normalized spacial score (nSPS) is 14.1. The van der Waals surface area contributed by atoms with Crippen molar-refractivity contribution in [2.45, 2.75) is 32.5 Å². The molecule has 0 aliphatic heterocycles. The number of nitrogens with two attached hydrogens (primary N) is 1. The van der Waals surface area contributed by atoms with Crippen LogP contribution in [-0.4, -0.2) is 21.2 Å². The minimum Gasteiger partial charge on any atom is -0.381 e. The summed E-state index contributed by atoms with van der Waals surface area (Å²) in [6.45, 7) is 1.86. The quantitative estimate of drug-likeness (QED) is 0.845. The van der Waals surface area contributed by atoms with E-state index in [9.17, 15) is 13.2 Å². The van der Waals surface area contributed by atoms with Crippen LogP contribution in [0.5, 0.6) is 0 Å². The summed E-state index contributed by atoms with van der Waals surface area (Å²) in [6.07, 6.45) is -3.20. The van der Waals surface area contributed by atoms with Gasteiger partial charge in [0.2, 0.25) is 0 Å². The lowest BCUT2D eigenvalue weighted by Crippen LogP contribution is -2.20. The van der Waals surface area contributed by atoms with Crippen molar-refractivity contribution >= 4 is 5.82 Å². The molecule has 86 valence electrons. The van der Waals surface area contributed by atoms with Crippen LogP contribution in [-0.2, 0) is 6.54 Å². The maximum Gasteiger partial charge on any atom is 0.389 e. The number of halogens is 3. The van der Waals surface area contributed by atoms with Gasteiger partial charge in [-0.15, -0.1) is 5.10 Å². The van der Waals surface area contributed by atoms with Crippen molar-refractivity contribution in [2.24, 2.45) is 5.92 Å². The van der Waals surface area contributed by atoms with Gasteiger partial charge >= 0.3 is 6.18 Å². The van der Waals surface area contributed by atoms with Gasteiger partial charge in [0, 0.05) is 6.42 Å². The lowest BCUT2D eigenvalue weighted by atomic mass is 10.0. The molecule has 7 heteroatoms. The fourth-order valence-corrected chi connectivity index (χ4v) is 1.29. The highest BCUT2D eigenvalue weighted by molar-refractivity contribution is 5.19. The molecule has 0 saturated heterocycles. The Kier molecular flexibility index (Phi) is 3.54. The zero-order chi connectivity index (χ0) is 11.5.